The molecule has 2 fully saturated rings. The molecule has 138 valence electrons. The smallest absolute Gasteiger partial charge is 0.251 e. The highest BCUT2D eigenvalue weighted by Gasteiger charge is 2.40. The summed E-state index contributed by atoms with van der Waals surface area (Å²) < 4.78 is 0. The van der Waals surface area contributed by atoms with Gasteiger partial charge in [0.05, 0.1) is 0 Å². The number of nitrogens with zero attached hydrogens (tertiary/aromatic N) is 1. The van der Waals surface area contributed by atoms with E-state index in [4.69, 9.17) is 11.6 Å². The van der Waals surface area contributed by atoms with Crippen LogP contribution in [0.15, 0.2) is 24.3 Å². The van der Waals surface area contributed by atoms with Crippen LogP contribution < -0.4 is 10.6 Å². The van der Waals surface area contributed by atoms with Gasteiger partial charge >= 0.3 is 0 Å². The topological polar surface area (TPSA) is 61.4 Å². The van der Waals surface area contributed by atoms with Gasteiger partial charge in [0.2, 0.25) is 5.91 Å². The van der Waals surface area contributed by atoms with Crippen molar-refractivity contribution in [1.29, 1.82) is 0 Å². The van der Waals surface area contributed by atoms with Crippen molar-refractivity contribution in [3.05, 3.63) is 34.9 Å². The summed E-state index contributed by atoms with van der Waals surface area (Å²) in [4.78, 5) is 27.3. The van der Waals surface area contributed by atoms with E-state index >= 15 is 0 Å². The highest BCUT2D eigenvalue weighted by molar-refractivity contribution is 6.30. The first-order chi connectivity index (χ1) is 11.5. The molecule has 0 spiro atoms. The van der Waals surface area contributed by atoms with Crippen molar-refractivity contribution in [2.24, 2.45) is 17.8 Å². The maximum atomic E-state index is 12.9. The summed E-state index contributed by atoms with van der Waals surface area (Å²) in [7, 11) is 0. The third kappa shape index (κ3) is 4.46. The zero-order chi connectivity index (χ0) is 17.3. The van der Waals surface area contributed by atoms with Gasteiger partial charge in [0.25, 0.3) is 5.91 Å². The standard InChI is InChI=1S/C18H24ClN3O2.ClH/c1-11(2)16(21-17(23)12-3-5-15(19)6-4-12)18(24)22-9-13-7-20-8-14(13)10-22;/h3-6,11,13-14,16,20H,7-10H2,1-2H3,(H,21,23);1H/t13-,14+,16?;. The zero-order valence-electron chi connectivity index (χ0n) is 14.5. The summed E-state index contributed by atoms with van der Waals surface area (Å²) in [5, 5.41) is 6.86. The Bertz CT molecular complexity index is 609. The molecule has 2 N–H and O–H groups in total. The molecule has 0 radical (unpaired) electrons. The van der Waals surface area contributed by atoms with Crippen molar-refractivity contribution in [2.45, 2.75) is 19.9 Å². The predicted molar refractivity (Wildman–Crippen MR) is 101 cm³/mol. The quantitative estimate of drug-likeness (QED) is 0.834. The molecule has 5 nitrogen and oxygen atoms in total. The van der Waals surface area contributed by atoms with Crippen LogP contribution in [-0.4, -0.2) is 48.9 Å². The maximum absolute atomic E-state index is 12.9. The van der Waals surface area contributed by atoms with Crippen LogP contribution >= 0.6 is 24.0 Å². The minimum atomic E-state index is -0.500. The van der Waals surface area contributed by atoms with E-state index in [-0.39, 0.29) is 30.1 Å². The van der Waals surface area contributed by atoms with Crippen molar-refractivity contribution in [1.82, 2.24) is 15.5 Å². The number of rotatable bonds is 4. The lowest BCUT2D eigenvalue weighted by Crippen LogP contribution is -2.51. The molecule has 0 aromatic heterocycles. The van der Waals surface area contributed by atoms with Crippen LogP contribution in [0.2, 0.25) is 5.02 Å². The summed E-state index contributed by atoms with van der Waals surface area (Å²) in [5.74, 6) is 0.927. The van der Waals surface area contributed by atoms with E-state index in [2.05, 4.69) is 10.6 Å². The van der Waals surface area contributed by atoms with E-state index in [1.54, 1.807) is 24.3 Å². The molecular formula is C18H25Cl2N3O2. The van der Waals surface area contributed by atoms with Gasteiger partial charge < -0.3 is 15.5 Å². The number of fused-ring (bicyclic) bond motifs is 1. The molecule has 2 amide bonds. The van der Waals surface area contributed by atoms with Crippen molar-refractivity contribution in [3.63, 3.8) is 0 Å². The molecule has 1 unspecified atom stereocenters. The molecule has 0 aliphatic carbocycles. The number of nitrogens with one attached hydrogen (secondary N) is 2. The van der Waals surface area contributed by atoms with Gasteiger partial charge in [-0.15, -0.1) is 12.4 Å². The number of hydrogen-bond donors (Lipinski definition) is 2. The molecule has 2 aliphatic rings. The Kier molecular flexibility index (Phi) is 6.72. The normalized spacial score (nSPS) is 23.1. The van der Waals surface area contributed by atoms with E-state index in [0.717, 1.165) is 26.2 Å². The molecular weight excluding hydrogens is 361 g/mol. The second-order valence-corrected chi connectivity index (χ2v) is 7.56. The number of amides is 2. The van der Waals surface area contributed by atoms with Crippen molar-refractivity contribution < 1.29 is 9.59 Å². The molecule has 0 saturated carbocycles. The SMILES string of the molecule is CC(C)C(NC(=O)c1ccc(Cl)cc1)C(=O)N1C[C@H]2CNC[C@H]2C1.Cl. The van der Waals surface area contributed by atoms with E-state index in [1.165, 1.54) is 0 Å². The monoisotopic (exact) mass is 385 g/mol. The minimum absolute atomic E-state index is 0. The summed E-state index contributed by atoms with van der Waals surface area (Å²) >= 11 is 5.86. The molecule has 2 heterocycles. The van der Waals surface area contributed by atoms with Gasteiger partial charge in [-0.3, -0.25) is 9.59 Å². The van der Waals surface area contributed by atoms with Gasteiger partial charge in [-0.25, -0.2) is 0 Å². The third-order valence-corrected chi connectivity index (χ3v) is 5.28. The summed E-state index contributed by atoms with van der Waals surface area (Å²) in [6.45, 7) is 7.47. The van der Waals surface area contributed by atoms with Gasteiger partial charge in [0, 0.05) is 36.8 Å². The number of carbonyl (C=O) groups is 2. The van der Waals surface area contributed by atoms with Crippen LogP contribution in [0, 0.1) is 17.8 Å². The Hall–Kier alpha value is -1.30. The van der Waals surface area contributed by atoms with Gasteiger partial charge in [0.15, 0.2) is 0 Å². The van der Waals surface area contributed by atoms with Crippen LogP contribution in [0.4, 0.5) is 0 Å². The lowest BCUT2D eigenvalue weighted by atomic mass is 10.0. The molecule has 7 heteroatoms. The second kappa shape index (κ2) is 8.39. The fraction of sp³-hybridized carbons (Fsp3) is 0.556. The molecule has 0 bridgehead atoms. The van der Waals surface area contributed by atoms with Gasteiger partial charge in [-0.2, -0.15) is 0 Å². The van der Waals surface area contributed by atoms with Crippen LogP contribution in [0.1, 0.15) is 24.2 Å². The van der Waals surface area contributed by atoms with Crippen LogP contribution in [0.3, 0.4) is 0 Å². The highest BCUT2D eigenvalue weighted by Crippen LogP contribution is 2.27. The minimum Gasteiger partial charge on any atom is -0.340 e. The number of benzene rings is 1. The van der Waals surface area contributed by atoms with Crippen molar-refractivity contribution in [2.75, 3.05) is 26.2 Å². The maximum Gasteiger partial charge on any atom is 0.251 e. The Morgan fingerprint density at radius 1 is 1.16 bits per heavy atom. The fourth-order valence-corrected chi connectivity index (χ4v) is 3.70. The lowest BCUT2D eigenvalue weighted by Gasteiger charge is -2.27. The van der Waals surface area contributed by atoms with E-state index in [0.29, 0.717) is 22.4 Å². The second-order valence-electron chi connectivity index (χ2n) is 7.12. The average molecular weight is 386 g/mol. The Morgan fingerprint density at radius 2 is 1.72 bits per heavy atom. The molecule has 1 aromatic rings. The molecule has 25 heavy (non-hydrogen) atoms. The van der Waals surface area contributed by atoms with E-state index < -0.39 is 6.04 Å². The lowest BCUT2D eigenvalue weighted by molar-refractivity contribution is -0.133. The first kappa shape index (κ1) is 20.0. The number of hydrogen-bond acceptors (Lipinski definition) is 3. The fourth-order valence-electron chi connectivity index (χ4n) is 3.57. The third-order valence-electron chi connectivity index (χ3n) is 5.03. The first-order valence-electron chi connectivity index (χ1n) is 8.51. The average Bonchev–Trinajstić information content (AvgIpc) is 3.13. The van der Waals surface area contributed by atoms with Crippen molar-refractivity contribution >= 4 is 35.8 Å². The Labute approximate surface area is 159 Å². The molecule has 2 saturated heterocycles. The van der Waals surface area contributed by atoms with E-state index in [9.17, 15) is 9.59 Å². The first-order valence-corrected chi connectivity index (χ1v) is 8.89. The van der Waals surface area contributed by atoms with E-state index in [1.807, 2.05) is 18.7 Å². The number of carbonyl (C=O) groups excluding carboxylic acids is 2. The van der Waals surface area contributed by atoms with Gasteiger partial charge in [-0.1, -0.05) is 25.4 Å². The van der Waals surface area contributed by atoms with Crippen LogP contribution in [0.5, 0.6) is 0 Å². The molecule has 1 aromatic carbocycles. The summed E-state index contributed by atoms with van der Waals surface area (Å²) in [6.07, 6.45) is 0. The van der Waals surface area contributed by atoms with Crippen LogP contribution in [-0.2, 0) is 4.79 Å². The van der Waals surface area contributed by atoms with Crippen molar-refractivity contribution in [3.8, 4) is 0 Å². The van der Waals surface area contributed by atoms with Crippen LogP contribution in [0.25, 0.3) is 0 Å². The Morgan fingerprint density at radius 3 is 2.24 bits per heavy atom. The van der Waals surface area contributed by atoms with Gasteiger partial charge in [0.1, 0.15) is 6.04 Å². The van der Waals surface area contributed by atoms with Gasteiger partial charge in [-0.05, 0) is 42.0 Å². The largest absolute Gasteiger partial charge is 0.340 e. The predicted octanol–water partition coefficient (Wildman–Crippen LogP) is 2.19. The highest BCUT2D eigenvalue weighted by atomic mass is 35.5. The molecule has 3 atom stereocenters. The molecule has 2 aliphatic heterocycles. The molecule has 3 rings (SSSR count). The summed E-state index contributed by atoms with van der Waals surface area (Å²) in [5.41, 5.74) is 0.514. The summed E-state index contributed by atoms with van der Waals surface area (Å²) in [6, 6.07) is 6.20. The number of halogens is 2. The Balaban J connectivity index is 0.00000225. The number of likely N-dealkylation sites (tertiary alicyclic amines) is 1. The zero-order valence-corrected chi connectivity index (χ0v) is 16.1.